The van der Waals surface area contributed by atoms with Crippen LogP contribution in [0.1, 0.15) is 47.2 Å². The molecule has 1 amide bonds. The van der Waals surface area contributed by atoms with Crippen LogP contribution < -0.4 is 11.1 Å². The van der Waals surface area contributed by atoms with Crippen LogP contribution in [0.3, 0.4) is 0 Å². The lowest BCUT2D eigenvalue weighted by Gasteiger charge is -2.10. The van der Waals surface area contributed by atoms with Gasteiger partial charge in [0.05, 0.1) is 17.1 Å². The van der Waals surface area contributed by atoms with Gasteiger partial charge in [0.25, 0.3) is 5.91 Å². The van der Waals surface area contributed by atoms with Crippen molar-refractivity contribution >= 4 is 17.3 Å². The van der Waals surface area contributed by atoms with Gasteiger partial charge in [-0.15, -0.1) is 0 Å². The predicted octanol–water partition coefficient (Wildman–Crippen LogP) is 3.22. The first-order chi connectivity index (χ1) is 9.81. The van der Waals surface area contributed by atoms with Crippen molar-refractivity contribution in [2.24, 2.45) is 0 Å². The molecule has 5 nitrogen and oxygen atoms in total. The van der Waals surface area contributed by atoms with E-state index in [0.29, 0.717) is 11.3 Å². The highest BCUT2D eigenvalue weighted by molar-refractivity contribution is 6.06. The number of hydrogen-bond donors (Lipinski definition) is 2. The lowest BCUT2D eigenvalue weighted by Crippen LogP contribution is -2.15. The number of carbonyl (C=O) groups excluding carboxylic acids is 1. The molecule has 0 unspecified atom stereocenters. The third-order valence-electron chi connectivity index (χ3n) is 3.56. The Balaban J connectivity index is 2.34. The summed E-state index contributed by atoms with van der Waals surface area (Å²) in [6.45, 7) is 9.88. The van der Waals surface area contributed by atoms with Crippen molar-refractivity contribution in [2.45, 2.75) is 40.7 Å². The Morgan fingerprint density at radius 1 is 1.29 bits per heavy atom. The van der Waals surface area contributed by atoms with Crippen LogP contribution in [0, 0.1) is 20.8 Å². The largest absolute Gasteiger partial charge is 0.399 e. The number of carbonyl (C=O) groups is 1. The third-order valence-corrected chi connectivity index (χ3v) is 3.56. The first kappa shape index (κ1) is 15.1. The van der Waals surface area contributed by atoms with E-state index in [0.717, 1.165) is 22.6 Å². The van der Waals surface area contributed by atoms with E-state index in [1.165, 1.54) is 0 Å². The highest BCUT2D eigenvalue weighted by Crippen LogP contribution is 2.24. The first-order valence-corrected chi connectivity index (χ1v) is 7.04. The third kappa shape index (κ3) is 2.91. The summed E-state index contributed by atoms with van der Waals surface area (Å²) < 4.78 is 1.91. The minimum Gasteiger partial charge on any atom is -0.399 e. The lowest BCUT2D eigenvalue weighted by molar-refractivity contribution is 0.102. The summed E-state index contributed by atoms with van der Waals surface area (Å²) in [6.07, 6.45) is 0. The van der Waals surface area contributed by atoms with Crippen molar-refractivity contribution in [1.82, 2.24) is 9.78 Å². The van der Waals surface area contributed by atoms with Crippen LogP contribution in [-0.2, 0) is 0 Å². The molecule has 2 aromatic rings. The molecule has 21 heavy (non-hydrogen) atoms. The number of rotatable bonds is 3. The Kier molecular flexibility index (Phi) is 4.02. The predicted molar refractivity (Wildman–Crippen MR) is 85.6 cm³/mol. The Morgan fingerprint density at radius 3 is 2.52 bits per heavy atom. The Labute approximate surface area is 125 Å². The molecular formula is C16H22N4O. The van der Waals surface area contributed by atoms with E-state index in [4.69, 9.17) is 5.73 Å². The summed E-state index contributed by atoms with van der Waals surface area (Å²) in [5, 5.41) is 7.43. The summed E-state index contributed by atoms with van der Waals surface area (Å²) in [5.74, 6) is -0.158. The quantitative estimate of drug-likeness (QED) is 0.851. The lowest BCUT2D eigenvalue weighted by atomic mass is 10.1. The molecule has 0 spiro atoms. The summed E-state index contributed by atoms with van der Waals surface area (Å²) >= 11 is 0. The molecule has 112 valence electrons. The number of nitrogen functional groups attached to an aromatic ring is 1. The second-order valence-electron chi connectivity index (χ2n) is 5.61. The highest BCUT2D eigenvalue weighted by atomic mass is 16.1. The molecule has 0 saturated heterocycles. The van der Waals surface area contributed by atoms with E-state index in [1.54, 1.807) is 12.1 Å². The number of nitrogens with one attached hydrogen (secondary N) is 1. The fourth-order valence-corrected chi connectivity index (χ4v) is 2.41. The van der Waals surface area contributed by atoms with Crippen molar-refractivity contribution in [3.8, 4) is 0 Å². The van der Waals surface area contributed by atoms with Gasteiger partial charge in [0.1, 0.15) is 0 Å². The Morgan fingerprint density at radius 2 is 1.95 bits per heavy atom. The van der Waals surface area contributed by atoms with Crippen LogP contribution in [0.4, 0.5) is 11.4 Å². The van der Waals surface area contributed by atoms with E-state index in [-0.39, 0.29) is 11.9 Å². The fourth-order valence-electron chi connectivity index (χ4n) is 2.41. The van der Waals surface area contributed by atoms with Crippen molar-refractivity contribution in [3.63, 3.8) is 0 Å². The molecule has 0 saturated carbocycles. The van der Waals surface area contributed by atoms with Gasteiger partial charge in [0.2, 0.25) is 0 Å². The summed E-state index contributed by atoms with van der Waals surface area (Å²) in [4.78, 5) is 12.5. The maximum atomic E-state index is 12.5. The van der Waals surface area contributed by atoms with Crippen molar-refractivity contribution in [1.29, 1.82) is 0 Å². The maximum Gasteiger partial charge on any atom is 0.256 e. The topological polar surface area (TPSA) is 72.9 Å². The number of amides is 1. The SMILES string of the molecule is Cc1ccc(N)cc1C(=O)Nc1c(C)nn(C(C)C)c1C. The average Bonchev–Trinajstić information content (AvgIpc) is 2.69. The van der Waals surface area contributed by atoms with Gasteiger partial charge in [-0.2, -0.15) is 5.10 Å². The van der Waals surface area contributed by atoms with E-state index < -0.39 is 0 Å². The monoisotopic (exact) mass is 286 g/mol. The number of nitrogens with zero attached hydrogens (tertiary/aromatic N) is 2. The van der Waals surface area contributed by atoms with Crippen LogP contribution in [0.25, 0.3) is 0 Å². The standard InChI is InChI=1S/C16H22N4O/c1-9(2)20-12(5)15(11(4)19-20)18-16(21)14-8-13(17)7-6-10(14)3/h6-9H,17H2,1-5H3,(H,18,21). The number of benzene rings is 1. The smallest absolute Gasteiger partial charge is 0.256 e. The van der Waals surface area contributed by atoms with Gasteiger partial charge >= 0.3 is 0 Å². The zero-order chi connectivity index (χ0) is 15.7. The van der Waals surface area contributed by atoms with Gasteiger partial charge in [-0.1, -0.05) is 6.07 Å². The average molecular weight is 286 g/mol. The van der Waals surface area contributed by atoms with Crippen molar-refractivity contribution in [3.05, 3.63) is 40.7 Å². The molecule has 0 radical (unpaired) electrons. The van der Waals surface area contributed by atoms with Crippen LogP contribution >= 0.6 is 0 Å². The van der Waals surface area contributed by atoms with Gasteiger partial charge < -0.3 is 11.1 Å². The second-order valence-corrected chi connectivity index (χ2v) is 5.61. The molecule has 0 aliphatic heterocycles. The van der Waals surface area contributed by atoms with Crippen molar-refractivity contribution in [2.75, 3.05) is 11.1 Å². The normalized spacial score (nSPS) is 11.0. The number of aromatic nitrogens is 2. The maximum absolute atomic E-state index is 12.5. The van der Waals surface area contributed by atoms with Gasteiger partial charge in [-0.05, 0) is 52.3 Å². The molecule has 0 atom stereocenters. The number of nitrogens with two attached hydrogens (primary N) is 1. The fraction of sp³-hybridized carbons (Fsp3) is 0.375. The molecule has 0 aliphatic carbocycles. The minimum absolute atomic E-state index is 0.158. The second kappa shape index (κ2) is 5.60. The molecule has 1 aromatic carbocycles. The molecule has 1 heterocycles. The zero-order valence-corrected chi connectivity index (χ0v) is 13.2. The molecule has 0 aliphatic rings. The van der Waals surface area contributed by atoms with Gasteiger partial charge in [-0.3, -0.25) is 9.48 Å². The van der Waals surface area contributed by atoms with E-state index in [2.05, 4.69) is 24.3 Å². The molecule has 5 heteroatoms. The molecule has 0 bridgehead atoms. The summed E-state index contributed by atoms with van der Waals surface area (Å²) in [5.41, 5.74) is 10.4. The number of anilines is 2. The Bertz CT molecular complexity index is 686. The molecule has 1 aromatic heterocycles. The minimum atomic E-state index is -0.158. The van der Waals surface area contributed by atoms with Crippen LogP contribution in [0.15, 0.2) is 18.2 Å². The van der Waals surface area contributed by atoms with Crippen molar-refractivity contribution < 1.29 is 4.79 Å². The van der Waals surface area contributed by atoms with Gasteiger partial charge in [-0.25, -0.2) is 0 Å². The van der Waals surface area contributed by atoms with E-state index in [1.807, 2.05) is 31.5 Å². The van der Waals surface area contributed by atoms with Gasteiger partial charge in [0, 0.05) is 17.3 Å². The van der Waals surface area contributed by atoms with Crippen LogP contribution in [-0.4, -0.2) is 15.7 Å². The zero-order valence-electron chi connectivity index (χ0n) is 13.2. The molecule has 3 N–H and O–H groups in total. The van der Waals surface area contributed by atoms with E-state index >= 15 is 0 Å². The van der Waals surface area contributed by atoms with Crippen LogP contribution in [0.2, 0.25) is 0 Å². The first-order valence-electron chi connectivity index (χ1n) is 7.04. The summed E-state index contributed by atoms with van der Waals surface area (Å²) in [7, 11) is 0. The molecule has 2 rings (SSSR count). The molecular weight excluding hydrogens is 264 g/mol. The van der Waals surface area contributed by atoms with E-state index in [9.17, 15) is 4.79 Å². The van der Waals surface area contributed by atoms with Gasteiger partial charge in [0.15, 0.2) is 0 Å². The van der Waals surface area contributed by atoms with Crippen LogP contribution in [0.5, 0.6) is 0 Å². The summed E-state index contributed by atoms with van der Waals surface area (Å²) in [6, 6.07) is 5.59. The Hall–Kier alpha value is -2.30. The number of hydrogen-bond acceptors (Lipinski definition) is 3. The molecule has 0 fully saturated rings. The number of aryl methyl sites for hydroxylation is 2. The highest BCUT2D eigenvalue weighted by Gasteiger charge is 2.17.